The second-order valence-electron chi connectivity index (χ2n) is 7.08. The molecule has 2 rings (SSSR count). The lowest BCUT2D eigenvalue weighted by Gasteiger charge is -2.29. The number of amides is 2. The SMILES string of the molecule is CC(C)NC(=O)[C@@H](C)N(Cc1cccc(Cl)c1)C(=O)CCc1ccccc1Cl. The highest BCUT2D eigenvalue weighted by Crippen LogP contribution is 2.19. The molecule has 0 heterocycles. The summed E-state index contributed by atoms with van der Waals surface area (Å²) in [5.41, 5.74) is 1.79. The molecule has 0 aliphatic carbocycles. The number of aryl methyl sites for hydroxylation is 1. The van der Waals surface area contributed by atoms with Crippen molar-refractivity contribution in [1.82, 2.24) is 10.2 Å². The molecule has 0 aliphatic rings. The van der Waals surface area contributed by atoms with Gasteiger partial charge >= 0.3 is 0 Å². The summed E-state index contributed by atoms with van der Waals surface area (Å²) in [5, 5.41) is 4.12. The fourth-order valence-electron chi connectivity index (χ4n) is 2.91. The molecule has 0 unspecified atom stereocenters. The average Bonchev–Trinajstić information content (AvgIpc) is 2.64. The molecule has 0 fully saturated rings. The van der Waals surface area contributed by atoms with Gasteiger partial charge in [0, 0.05) is 29.1 Å². The van der Waals surface area contributed by atoms with Crippen molar-refractivity contribution in [3.63, 3.8) is 0 Å². The molecule has 150 valence electrons. The first-order valence-electron chi connectivity index (χ1n) is 9.35. The highest BCUT2D eigenvalue weighted by atomic mass is 35.5. The monoisotopic (exact) mass is 420 g/mol. The van der Waals surface area contributed by atoms with Crippen molar-refractivity contribution in [1.29, 1.82) is 0 Å². The minimum Gasteiger partial charge on any atom is -0.352 e. The number of hydrogen-bond acceptors (Lipinski definition) is 2. The van der Waals surface area contributed by atoms with E-state index in [4.69, 9.17) is 23.2 Å². The summed E-state index contributed by atoms with van der Waals surface area (Å²) in [5.74, 6) is -0.283. The van der Waals surface area contributed by atoms with Crippen LogP contribution in [0.1, 0.15) is 38.3 Å². The van der Waals surface area contributed by atoms with Gasteiger partial charge in [0.15, 0.2) is 0 Å². The number of halogens is 2. The maximum absolute atomic E-state index is 13.0. The van der Waals surface area contributed by atoms with Crippen LogP contribution in [0.5, 0.6) is 0 Å². The van der Waals surface area contributed by atoms with Gasteiger partial charge in [0.1, 0.15) is 6.04 Å². The van der Waals surface area contributed by atoms with Crippen molar-refractivity contribution in [2.75, 3.05) is 0 Å². The van der Waals surface area contributed by atoms with Crippen molar-refractivity contribution < 1.29 is 9.59 Å². The molecule has 0 radical (unpaired) electrons. The molecule has 0 aliphatic heterocycles. The van der Waals surface area contributed by atoms with E-state index in [9.17, 15) is 9.59 Å². The highest BCUT2D eigenvalue weighted by Gasteiger charge is 2.26. The van der Waals surface area contributed by atoms with Crippen LogP contribution < -0.4 is 5.32 Å². The molecule has 1 N–H and O–H groups in total. The average molecular weight is 421 g/mol. The van der Waals surface area contributed by atoms with E-state index in [1.807, 2.05) is 56.3 Å². The summed E-state index contributed by atoms with van der Waals surface area (Å²) in [6.45, 7) is 5.85. The standard InChI is InChI=1S/C22H26Cl2N2O2/c1-15(2)25-22(28)16(3)26(14-17-7-6-9-19(23)13-17)21(27)12-11-18-8-4-5-10-20(18)24/h4-10,13,15-16H,11-12,14H2,1-3H3,(H,25,28)/t16-/m1/s1. The topological polar surface area (TPSA) is 49.4 Å². The van der Waals surface area contributed by atoms with Crippen LogP contribution in [0.2, 0.25) is 10.0 Å². The van der Waals surface area contributed by atoms with Gasteiger partial charge in [-0.1, -0.05) is 53.5 Å². The number of benzene rings is 2. The van der Waals surface area contributed by atoms with Crippen LogP contribution in [0.4, 0.5) is 0 Å². The van der Waals surface area contributed by atoms with E-state index in [-0.39, 0.29) is 24.3 Å². The third-order valence-electron chi connectivity index (χ3n) is 4.41. The van der Waals surface area contributed by atoms with Crippen molar-refractivity contribution in [2.45, 2.75) is 52.2 Å². The van der Waals surface area contributed by atoms with Crippen LogP contribution in [0.25, 0.3) is 0 Å². The van der Waals surface area contributed by atoms with Gasteiger partial charge in [-0.25, -0.2) is 0 Å². The Kier molecular flexibility index (Phi) is 8.34. The third kappa shape index (κ3) is 6.54. The Hall–Kier alpha value is -2.04. The number of nitrogens with zero attached hydrogens (tertiary/aromatic N) is 1. The quantitative estimate of drug-likeness (QED) is 0.661. The van der Waals surface area contributed by atoms with Gasteiger partial charge < -0.3 is 10.2 Å². The lowest BCUT2D eigenvalue weighted by Crippen LogP contribution is -2.49. The molecule has 0 bridgehead atoms. The van der Waals surface area contributed by atoms with Crippen molar-refractivity contribution in [3.05, 3.63) is 69.7 Å². The molecule has 2 aromatic rings. The van der Waals surface area contributed by atoms with Crippen molar-refractivity contribution >= 4 is 35.0 Å². The van der Waals surface area contributed by atoms with Gasteiger partial charge in [0.25, 0.3) is 0 Å². The Balaban J connectivity index is 2.17. The summed E-state index contributed by atoms with van der Waals surface area (Å²) in [6.07, 6.45) is 0.784. The van der Waals surface area contributed by atoms with Gasteiger partial charge in [-0.15, -0.1) is 0 Å². The van der Waals surface area contributed by atoms with Crippen LogP contribution in [-0.4, -0.2) is 28.8 Å². The fraction of sp³-hybridized carbons (Fsp3) is 0.364. The second kappa shape index (κ2) is 10.5. The second-order valence-corrected chi connectivity index (χ2v) is 7.93. The van der Waals surface area contributed by atoms with E-state index in [1.165, 1.54) is 0 Å². The van der Waals surface area contributed by atoms with Crippen LogP contribution >= 0.6 is 23.2 Å². The smallest absolute Gasteiger partial charge is 0.242 e. The highest BCUT2D eigenvalue weighted by molar-refractivity contribution is 6.31. The van der Waals surface area contributed by atoms with E-state index >= 15 is 0 Å². The van der Waals surface area contributed by atoms with Crippen LogP contribution in [-0.2, 0) is 22.6 Å². The Bertz CT molecular complexity index is 824. The van der Waals surface area contributed by atoms with Gasteiger partial charge in [0.05, 0.1) is 0 Å². The number of nitrogens with one attached hydrogen (secondary N) is 1. The zero-order valence-electron chi connectivity index (χ0n) is 16.4. The number of hydrogen-bond donors (Lipinski definition) is 1. The predicted molar refractivity (Wildman–Crippen MR) is 115 cm³/mol. The van der Waals surface area contributed by atoms with Gasteiger partial charge in [-0.05, 0) is 56.5 Å². The first-order chi connectivity index (χ1) is 13.3. The molecular weight excluding hydrogens is 395 g/mol. The number of carbonyl (C=O) groups is 2. The number of rotatable bonds is 8. The summed E-state index contributed by atoms with van der Waals surface area (Å²) in [4.78, 5) is 27.1. The maximum Gasteiger partial charge on any atom is 0.242 e. The van der Waals surface area contributed by atoms with E-state index < -0.39 is 6.04 Å². The Morgan fingerprint density at radius 1 is 1.04 bits per heavy atom. The lowest BCUT2D eigenvalue weighted by atomic mass is 10.1. The molecule has 0 aromatic heterocycles. The molecule has 28 heavy (non-hydrogen) atoms. The van der Waals surface area contributed by atoms with Crippen LogP contribution in [0.15, 0.2) is 48.5 Å². The van der Waals surface area contributed by atoms with Gasteiger partial charge in [0.2, 0.25) is 11.8 Å². The van der Waals surface area contributed by atoms with Crippen LogP contribution in [0, 0.1) is 0 Å². The van der Waals surface area contributed by atoms with E-state index in [0.29, 0.717) is 23.0 Å². The molecular formula is C22H26Cl2N2O2. The minimum atomic E-state index is -0.597. The molecule has 0 spiro atoms. The Morgan fingerprint density at radius 2 is 1.75 bits per heavy atom. The lowest BCUT2D eigenvalue weighted by molar-refractivity contribution is -0.140. The van der Waals surface area contributed by atoms with Gasteiger partial charge in [-0.2, -0.15) is 0 Å². The molecule has 0 saturated carbocycles. The number of carbonyl (C=O) groups excluding carboxylic acids is 2. The maximum atomic E-state index is 13.0. The normalized spacial score (nSPS) is 11.9. The molecule has 2 amide bonds. The van der Waals surface area contributed by atoms with Crippen molar-refractivity contribution in [3.8, 4) is 0 Å². The van der Waals surface area contributed by atoms with E-state index in [0.717, 1.165) is 11.1 Å². The summed E-state index contributed by atoms with van der Waals surface area (Å²) < 4.78 is 0. The molecule has 4 nitrogen and oxygen atoms in total. The minimum absolute atomic E-state index is 0.00111. The molecule has 2 aromatic carbocycles. The fourth-order valence-corrected chi connectivity index (χ4v) is 3.35. The van der Waals surface area contributed by atoms with Crippen LogP contribution in [0.3, 0.4) is 0 Å². The van der Waals surface area contributed by atoms with Crippen molar-refractivity contribution in [2.24, 2.45) is 0 Å². The van der Waals surface area contributed by atoms with E-state index in [2.05, 4.69) is 5.32 Å². The Labute approximate surface area is 176 Å². The van der Waals surface area contributed by atoms with E-state index in [1.54, 1.807) is 17.9 Å². The zero-order valence-corrected chi connectivity index (χ0v) is 17.9. The molecule has 0 saturated heterocycles. The van der Waals surface area contributed by atoms with Gasteiger partial charge in [-0.3, -0.25) is 9.59 Å². The first-order valence-corrected chi connectivity index (χ1v) is 10.1. The Morgan fingerprint density at radius 3 is 2.39 bits per heavy atom. The molecule has 1 atom stereocenters. The summed E-state index contributed by atoms with van der Waals surface area (Å²) in [7, 11) is 0. The predicted octanol–water partition coefficient (Wildman–Crippen LogP) is 4.87. The summed E-state index contributed by atoms with van der Waals surface area (Å²) in [6, 6.07) is 14.2. The third-order valence-corrected chi connectivity index (χ3v) is 5.01. The summed E-state index contributed by atoms with van der Waals surface area (Å²) >= 11 is 12.3. The largest absolute Gasteiger partial charge is 0.352 e. The first kappa shape index (κ1) is 22.3. The zero-order chi connectivity index (χ0) is 20.7. The molecule has 6 heteroatoms.